The molecule has 0 saturated heterocycles. The van der Waals surface area contributed by atoms with Crippen molar-refractivity contribution in [3.63, 3.8) is 0 Å². The molecule has 0 saturated carbocycles. The fraction of sp³-hybridized carbons (Fsp3) is 0.161. The van der Waals surface area contributed by atoms with Gasteiger partial charge in [-0.15, -0.1) is 0 Å². The van der Waals surface area contributed by atoms with Gasteiger partial charge < -0.3 is 19.3 Å². The number of ether oxygens (including phenoxy) is 3. The third-order valence-corrected chi connectivity index (χ3v) is 6.74. The number of phenols is 1. The highest BCUT2D eigenvalue weighted by molar-refractivity contribution is 6.10. The summed E-state index contributed by atoms with van der Waals surface area (Å²) in [6, 6.07) is 28.1. The van der Waals surface area contributed by atoms with E-state index in [0.717, 1.165) is 5.56 Å². The zero-order valence-electron chi connectivity index (χ0n) is 20.5. The number of ketones is 2. The maximum atomic E-state index is 14.2. The normalized spacial score (nSPS) is 17.3. The summed E-state index contributed by atoms with van der Waals surface area (Å²) in [5.41, 5.74) is 1.91. The van der Waals surface area contributed by atoms with Gasteiger partial charge in [-0.25, -0.2) is 0 Å². The van der Waals surface area contributed by atoms with E-state index < -0.39 is 17.9 Å². The molecule has 4 aromatic carbocycles. The smallest absolute Gasteiger partial charge is 0.174 e. The van der Waals surface area contributed by atoms with E-state index >= 15 is 0 Å². The molecule has 3 atom stereocenters. The second kappa shape index (κ2) is 10.2. The molecule has 0 bridgehead atoms. The Morgan fingerprint density at radius 2 is 1.46 bits per heavy atom. The standard InChI is InChI=1S/C31H26O6/c1-35-21-13-15-23(25(32)17-21)29(33)27(19-9-5-3-6-10-19)28-30(34)24-16-14-22(36-2)18-26(24)37-31(28)20-11-7-4-8-12-20/h3-18,27-28,31-32H,1-2H3/t27-,28-,31+/m1/s1. The number of aromatic hydroxyl groups is 1. The predicted octanol–water partition coefficient (Wildman–Crippen LogP) is 6.01. The Balaban J connectivity index is 1.69. The second-order valence-electron chi connectivity index (χ2n) is 8.84. The zero-order chi connectivity index (χ0) is 25.9. The van der Waals surface area contributed by atoms with Crippen LogP contribution in [0.25, 0.3) is 0 Å². The Labute approximate surface area is 215 Å². The summed E-state index contributed by atoms with van der Waals surface area (Å²) >= 11 is 0. The molecule has 0 amide bonds. The van der Waals surface area contributed by atoms with Crippen molar-refractivity contribution in [3.8, 4) is 23.0 Å². The molecule has 1 N–H and O–H groups in total. The summed E-state index contributed by atoms with van der Waals surface area (Å²) in [6.45, 7) is 0. The number of hydrogen-bond donors (Lipinski definition) is 1. The minimum Gasteiger partial charge on any atom is -0.507 e. The van der Waals surface area contributed by atoms with Gasteiger partial charge in [0.1, 0.15) is 29.1 Å². The fourth-order valence-corrected chi connectivity index (χ4v) is 4.90. The molecule has 1 aliphatic heterocycles. The SMILES string of the molecule is COc1ccc(C(=O)[C@H](c2ccccc2)[C@@H]2C(=O)c3ccc(OC)cc3O[C@H]2c2ccccc2)c(O)c1. The van der Waals surface area contributed by atoms with Crippen molar-refractivity contribution < 1.29 is 28.9 Å². The Morgan fingerprint density at radius 1 is 0.838 bits per heavy atom. The lowest BCUT2D eigenvalue weighted by Crippen LogP contribution is -2.39. The largest absolute Gasteiger partial charge is 0.507 e. The number of hydrogen-bond acceptors (Lipinski definition) is 6. The van der Waals surface area contributed by atoms with Crippen LogP contribution in [0.3, 0.4) is 0 Å². The predicted molar refractivity (Wildman–Crippen MR) is 139 cm³/mol. The van der Waals surface area contributed by atoms with Crippen molar-refractivity contribution in [2.45, 2.75) is 12.0 Å². The van der Waals surface area contributed by atoms with Gasteiger partial charge >= 0.3 is 0 Å². The lowest BCUT2D eigenvalue weighted by atomic mass is 9.71. The van der Waals surface area contributed by atoms with Gasteiger partial charge in [0.2, 0.25) is 0 Å². The molecule has 4 aromatic rings. The molecule has 0 radical (unpaired) electrons. The molecule has 0 unspecified atom stereocenters. The van der Waals surface area contributed by atoms with E-state index in [1.54, 1.807) is 31.4 Å². The molecule has 1 heterocycles. The Morgan fingerprint density at radius 3 is 2.11 bits per heavy atom. The van der Waals surface area contributed by atoms with E-state index in [9.17, 15) is 14.7 Å². The topological polar surface area (TPSA) is 82.1 Å². The van der Waals surface area contributed by atoms with Crippen LogP contribution in [0, 0.1) is 5.92 Å². The Hall–Kier alpha value is -4.58. The lowest BCUT2D eigenvalue weighted by molar-refractivity contribution is 0.0547. The van der Waals surface area contributed by atoms with E-state index in [0.29, 0.717) is 28.4 Å². The number of benzene rings is 4. The molecule has 1 aliphatic rings. The first-order valence-electron chi connectivity index (χ1n) is 11.9. The number of Topliss-reactive ketones (excluding diaryl/α,β-unsaturated/α-hetero) is 2. The van der Waals surface area contributed by atoms with Crippen molar-refractivity contribution in [1.82, 2.24) is 0 Å². The summed E-state index contributed by atoms with van der Waals surface area (Å²) in [4.78, 5) is 28.4. The average molecular weight is 495 g/mol. The molecule has 6 nitrogen and oxygen atoms in total. The summed E-state index contributed by atoms with van der Waals surface area (Å²) in [5.74, 6) is -1.23. The summed E-state index contributed by atoms with van der Waals surface area (Å²) < 4.78 is 17.0. The van der Waals surface area contributed by atoms with Gasteiger partial charge in [-0.05, 0) is 35.4 Å². The monoisotopic (exact) mass is 494 g/mol. The summed E-state index contributed by atoms with van der Waals surface area (Å²) in [6.07, 6.45) is -0.747. The van der Waals surface area contributed by atoms with Gasteiger partial charge in [0, 0.05) is 12.1 Å². The van der Waals surface area contributed by atoms with Crippen molar-refractivity contribution in [1.29, 1.82) is 0 Å². The van der Waals surface area contributed by atoms with Crippen molar-refractivity contribution in [3.05, 3.63) is 119 Å². The van der Waals surface area contributed by atoms with Gasteiger partial charge in [-0.1, -0.05) is 60.7 Å². The number of rotatable bonds is 7. The van der Waals surface area contributed by atoms with Gasteiger partial charge in [-0.2, -0.15) is 0 Å². The zero-order valence-corrected chi connectivity index (χ0v) is 20.5. The minimum atomic E-state index is -0.923. The Bertz CT molecular complexity index is 1430. The van der Waals surface area contributed by atoms with E-state index in [4.69, 9.17) is 14.2 Å². The van der Waals surface area contributed by atoms with Crippen LogP contribution >= 0.6 is 0 Å². The number of carbonyl (C=O) groups excluding carboxylic acids is 2. The van der Waals surface area contributed by atoms with E-state index in [-0.39, 0.29) is 22.9 Å². The van der Waals surface area contributed by atoms with Gasteiger partial charge in [0.15, 0.2) is 11.6 Å². The summed E-state index contributed by atoms with van der Waals surface area (Å²) in [7, 11) is 3.03. The molecule has 0 aromatic heterocycles. The maximum Gasteiger partial charge on any atom is 0.174 e. The van der Waals surface area contributed by atoms with Crippen molar-refractivity contribution in [2.75, 3.05) is 14.2 Å². The van der Waals surface area contributed by atoms with Crippen LogP contribution in [-0.4, -0.2) is 30.9 Å². The number of fused-ring (bicyclic) bond motifs is 1. The highest BCUT2D eigenvalue weighted by atomic mass is 16.5. The molecule has 0 aliphatic carbocycles. The van der Waals surface area contributed by atoms with Crippen LogP contribution < -0.4 is 14.2 Å². The molecule has 0 fully saturated rings. The molecule has 5 rings (SSSR count). The third kappa shape index (κ3) is 4.54. The molecule has 0 spiro atoms. The van der Waals surface area contributed by atoms with E-state index in [1.807, 2.05) is 60.7 Å². The molecular weight excluding hydrogens is 468 g/mol. The number of carbonyl (C=O) groups is 2. The van der Waals surface area contributed by atoms with Crippen LogP contribution in [0.4, 0.5) is 0 Å². The molecule has 37 heavy (non-hydrogen) atoms. The highest BCUT2D eigenvalue weighted by Gasteiger charge is 2.47. The van der Waals surface area contributed by atoms with Crippen LogP contribution in [-0.2, 0) is 0 Å². The second-order valence-corrected chi connectivity index (χ2v) is 8.84. The quantitative estimate of drug-likeness (QED) is 0.317. The highest BCUT2D eigenvalue weighted by Crippen LogP contribution is 2.47. The number of methoxy groups -OCH3 is 2. The van der Waals surface area contributed by atoms with Gasteiger partial charge in [0.25, 0.3) is 0 Å². The van der Waals surface area contributed by atoms with Crippen LogP contribution in [0.15, 0.2) is 97.1 Å². The summed E-state index contributed by atoms with van der Waals surface area (Å²) in [5, 5.41) is 10.7. The third-order valence-electron chi connectivity index (χ3n) is 6.74. The van der Waals surface area contributed by atoms with Crippen molar-refractivity contribution >= 4 is 11.6 Å². The number of phenolic OH excluding ortho intramolecular Hbond substituents is 1. The molecular formula is C31H26O6. The van der Waals surface area contributed by atoms with Crippen LogP contribution in [0.2, 0.25) is 0 Å². The first kappa shape index (κ1) is 24.1. The first-order valence-corrected chi connectivity index (χ1v) is 11.9. The minimum absolute atomic E-state index is 0.106. The fourth-order valence-electron chi connectivity index (χ4n) is 4.90. The van der Waals surface area contributed by atoms with Crippen LogP contribution in [0.5, 0.6) is 23.0 Å². The first-order chi connectivity index (χ1) is 18.0. The van der Waals surface area contributed by atoms with Crippen molar-refractivity contribution in [2.24, 2.45) is 5.92 Å². The van der Waals surface area contributed by atoms with E-state index in [2.05, 4.69) is 0 Å². The van der Waals surface area contributed by atoms with Gasteiger partial charge in [-0.3, -0.25) is 9.59 Å². The Kier molecular flexibility index (Phi) is 6.64. The molecule has 6 heteroatoms. The lowest BCUT2D eigenvalue weighted by Gasteiger charge is -2.37. The van der Waals surface area contributed by atoms with E-state index in [1.165, 1.54) is 19.2 Å². The maximum absolute atomic E-state index is 14.2. The van der Waals surface area contributed by atoms with Gasteiger partial charge in [0.05, 0.1) is 37.2 Å². The van der Waals surface area contributed by atoms with Crippen LogP contribution in [0.1, 0.15) is 43.9 Å². The average Bonchev–Trinajstić information content (AvgIpc) is 2.94. The molecule has 186 valence electrons.